The second-order valence-corrected chi connectivity index (χ2v) is 5.89. The van der Waals surface area contributed by atoms with Gasteiger partial charge in [-0.05, 0) is 68.4 Å². The molecule has 5 rings (SSSR count). The van der Waals surface area contributed by atoms with E-state index in [4.69, 9.17) is 0 Å². The van der Waals surface area contributed by atoms with E-state index in [9.17, 15) is 0 Å². The van der Waals surface area contributed by atoms with Gasteiger partial charge in [-0.3, -0.25) is 0 Å². The van der Waals surface area contributed by atoms with E-state index in [0.717, 1.165) is 6.42 Å². The van der Waals surface area contributed by atoms with Gasteiger partial charge in [-0.1, -0.05) is 54.6 Å². The molecule has 0 fully saturated rings. The van der Waals surface area contributed by atoms with Crippen molar-refractivity contribution in [2.75, 3.05) is 0 Å². The first-order valence-electron chi connectivity index (χ1n) is 7.42. The molecule has 0 spiro atoms. The molecule has 3 aromatic carbocycles. The maximum atomic E-state index is 2.35. The van der Waals surface area contributed by atoms with Crippen molar-refractivity contribution in [2.24, 2.45) is 0 Å². The molecule has 0 aromatic heterocycles. The molecule has 0 heterocycles. The van der Waals surface area contributed by atoms with E-state index in [-0.39, 0.29) is 0 Å². The van der Waals surface area contributed by atoms with E-state index in [1.807, 2.05) is 0 Å². The first-order valence-corrected chi connectivity index (χ1v) is 7.42. The molecule has 0 bridgehead atoms. The van der Waals surface area contributed by atoms with Gasteiger partial charge in [0.15, 0.2) is 0 Å². The highest BCUT2D eigenvalue weighted by molar-refractivity contribution is 6.03. The summed E-state index contributed by atoms with van der Waals surface area (Å²) in [6.07, 6.45) is 10.0. The second kappa shape index (κ2) is 3.95. The summed E-state index contributed by atoms with van der Waals surface area (Å²) in [7, 11) is 0. The maximum absolute atomic E-state index is 2.35. The van der Waals surface area contributed by atoms with E-state index in [0.29, 0.717) is 0 Å². The smallest absolute Gasteiger partial charge is 0.00137 e. The monoisotopic (exact) mass is 266 g/mol. The van der Waals surface area contributed by atoms with Crippen LogP contribution in [0.1, 0.15) is 11.1 Å². The summed E-state index contributed by atoms with van der Waals surface area (Å²) in [5.74, 6) is 0. The van der Waals surface area contributed by atoms with Gasteiger partial charge in [0, 0.05) is 0 Å². The van der Waals surface area contributed by atoms with Gasteiger partial charge in [-0.25, -0.2) is 0 Å². The van der Waals surface area contributed by atoms with Gasteiger partial charge in [0.05, 0.1) is 0 Å². The van der Waals surface area contributed by atoms with Gasteiger partial charge < -0.3 is 0 Å². The summed E-state index contributed by atoms with van der Waals surface area (Å²) in [6, 6.07) is 17.8. The molecule has 21 heavy (non-hydrogen) atoms. The van der Waals surface area contributed by atoms with Crippen LogP contribution in [0.5, 0.6) is 0 Å². The molecule has 0 unspecified atom stereocenters. The zero-order valence-electron chi connectivity index (χ0n) is 11.6. The van der Waals surface area contributed by atoms with Crippen molar-refractivity contribution in [1.82, 2.24) is 0 Å². The molecule has 0 N–H and O–H groups in total. The van der Waals surface area contributed by atoms with Crippen LogP contribution in [-0.2, 0) is 6.42 Å². The largest absolute Gasteiger partial charge is 0.0616 e. The normalized spacial score (nSPS) is 15.8. The third kappa shape index (κ3) is 1.56. The van der Waals surface area contributed by atoms with E-state index in [1.165, 1.54) is 43.8 Å². The van der Waals surface area contributed by atoms with Gasteiger partial charge >= 0.3 is 0 Å². The van der Waals surface area contributed by atoms with Gasteiger partial charge in [-0.2, -0.15) is 0 Å². The number of fused-ring (bicyclic) bond motifs is 5. The maximum Gasteiger partial charge on any atom is -0.00137 e. The van der Waals surface area contributed by atoms with Gasteiger partial charge in [0.2, 0.25) is 0 Å². The van der Waals surface area contributed by atoms with Crippen LogP contribution < -0.4 is 0 Å². The molecule has 3 aromatic rings. The molecule has 0 heteroatoms. The fourth-order valence-electron chi connectivity index (χ4n) is 3.54. The van der Waals surface area contributed by atoms with Crippen molar-refractivity contribution in [3.63, 3.8) is 0 Å². The van der Waals surface area contributed by atoms with Crippen molar-refractivity contribution in [2.45, 2.75) is 6.42 Å². The van der Waals surface area contributed by atoms with E-state index in [1.54, 1.807) is 0 Å². The Morgan fingerprint density at radius 2 is 1.67 bits per heavy atom. The van der Waals surface area contributed by atoms with Crippen molar-refractivity contribution < 1.29 is 0 Å². The Morgan fingerprint density at radius 3 is 2.57 bits per heavy atom. The Hall–Kier alpha value is -2.60. The molecule has 0 radical (unpaired) electrons. The Morgan fingerprint density at radius 1 is 0.810 bits per heavy atom. The number of hydrogen-bond acceptors (Lipinski definition) is 0. The lowest BCUT2D eigenvalue weighted by Crippen LogP contribution is -2.01. The van der Waals surface area contributed by atoms with Crippen LogP contribution in [-0.4, -0.2) is 0 Å². The van der Waals surface area contributed by atoms with Crippen LogP contribution in [0.2, 0.25) is 0 Å². The minimum Gasteiger partial charge on any atom is -0.0616 e. The highest BCUT2D eigenvalue weighted by Crippen LogP contribution is 2.36. The minimum absolute atomic E-state index is 1.05. The van der Waals surface area contributed by atoms with Gasteiger partial charge in [0.25, 0.3) is 0 Å². The molecule has 0 nitrogen and oxygen atoms in total. The van der Waals surface area contributed by atoms with Crippen molar-refractivity contribution in [3.05, 3.63) is 89.0 Å². The summed E-state index contributed by atoms with van der Waals surface area (Å²) in [5.41, 5.74) is 5.67. The van der Waals surface area contributed by atoms with Crippen LogP contribution in [0.15, 0.2) is 77.9 Å². The van der Waals surface area contributed by atoms with E-state index >= 15 is 0 Å². The molecule has 98 valence electrons. The average molecular weight is 266 g/mol. The lowest BCUT2D eigenvalue weighted by molar-refractivity contribution is 1.16. The van der Waals surface area contributed by atoms with Gasteiger partial charge in [0.1, 0.15) is 0 Å². The zero-order valence-corrected chi connectivity index (χ0v) is 11.6. The molecule has 2 aliphatic carbocycles. The summed E-state index contributed by atoms with van der Waals surface area (Å²) < 4.78 is 0. The number of rotatable bonds is 0. The molecule has 0 saturated heterocycles. The highest BCUT2D eigenvalue weighted by atomic mass is 14.2. The van der Waals surface area contributed by atoms with Crippen molar-refractivity contribution in [1.29, 1.82) is 0 Å². The molecular formula is C21H14. The molecule has 0 saturated carbocycles. The Balaban J connectivity index is 1.89. The van der Waals surface area contributed by atoms with Crippen LogP contribution in [0, 0.1) is 0 Å². The highest BCUT2D eigenvalue weighted by Gasteiger charge is 2.17. The molecular weight excluding hydrogens is 252 g/mol. The lowest BCUT2D eigenvalue weighted by Gasteiger charge is -2.18. The third-order valence-corrected chi connectivity index (χ3v) is 4.64. The fraction of sp³-hybridized carbons (Fsp3) is 0.0476. The lowest BCUT2D eigenvalue weighted by atomic mass is 9.86. The van der Waals surface area contributed by atoms with Crippen LogP contribution >= 0.6 is 0 Å². The molecule has 0 amide bonds. The first kappa shape index (κ1) is 11.1. The van der Waals surface area contributed by atoms with Crippen molar-refractivity contribution >= 4 is 27.6 Å². The summed E-state index contributed by atoms with van der Waals surface area (Å²) in [4.78, 5) is 0. The Labute approximate surface area is 123 Å². The average Bonchev–Trinajstić information content (AvgIpc) is 2.98. The topological polar surface area (TPSA) is 0 Å². The zero-order chi connectivity index (χ0) is 13.8. The van der Waals surface area contributed by atoms with Crippen molar-refractivity contribution in [3.8, 4) is 0 Å². The summed E-state index contributed by atoms with van der Waals surface area (Å²) in [5, 5.41) is 5.34. The van der Waals surface area contributed by atoms with Gasteiger partial charge in [-0.15, -0.1) is 0 Å². The second-order valence-electron chi connectivity index (χ2n) is 5.89. The quantitative estimate of drug-likeness (QED) is 0.476. The SMILES string of the molecule is C1=CC2=Cc3c(ccc4cc5ccccc5cc34)CC2=C1. The number of hydrogen-bond donors (Lipinski definition) is 0. The van der Waals surface area contributed by atoms with Crippen LogP contribution in [0.4, 0.5) is 0 Å². The summed E-state index contributed by atoms with van der Waals surface area (Å²) in [6.45, 7) is 0. The van der Waals surface area contributed by atoms with Crippen LogP contribution in [0.3, 0.4) is 0 Å². The predicted molar refractivity (Wildman–Crippen MR) is 90.4 cm³/mol. The first-order chi connectivity index (χ1) is 10.4. The minimum atomic E-state index is 1.05. The number of benzene rings is 3. The Bertz CT molecular complexity index is 997. The molecule has 2 aliphatic rings. The molecule has 0 aliphatic heterocycles. The fourth-order valence-corrected chi connectivity index (χ4v) is 3.54. The summed E-state index contributed by atoms with van der Waals surface area (Å²) >= 11 is 0. The standard InChI is InChI=1S/C21H14/c1-2-5-16-12-20-18(10-14(16)4-1)8-9-19-11-15-6-3-7-17(15)13-21(19)20/h1-10,12-13H,11H2. The molecule has 0 atom stereocenters. The van der Waals surface area contributed by atoms with E-state index < -0.39 is 0 Å². The third-order valence-electron chi connectivity index (χ3n) is 4.64. The number of allylic oxidation sites excluding steroid dienone is 5. The van der Waals surface area contributed by atoms with E-state index in [2.05, 4.69) is 72.8 Å². The predicted octanol–water partition coefficient (Wildman–Crippen LogP) is 5.43. The van der Waals surface area contributed by atoms with Crippen LogP contribution in [0.25, 0.3) is 27.6 Å². The Kier molecular flexibility index (Phi) is 2.09.